The van der Waals surface area contributed by atoms with E-state index in [1.807, 2.05) is 50.2 Å². The molecule has 29 heavy (non-hydrogen) atoms. The molecule has 154 valence electrons. The minimum Gasteiger partial charge on any atom is -0.493 e. The van der Waals surface area contributed by atoms with Gasteiger partial charge in [0.1, 0.15) is 11.5 Å². The summed E-state index contributed by atoms with van der Waals surface area (Å²) >= 11 is 0. The van der Waals surface area contributed by atoms with Gasteiger partial charge in [0.2, 0.25) is 0 Å². The van der Waals surface area contributed by atoms with E-state index in [2.05, 4.69) is 13.8 Å². The molecule has 0 aliphatic heterocycles. The van der Waals surface area contributed by atoms with Crippen molar-refractivity contribution in [1.29, 1.82) is 0 Å². The normalized spacial score (nSPS) is 10.7. The van der Waals surface area contributed by atoms with Crippen LogP contribution in [-0.4, -0.2) is 27.4 Å². The second kappa shape index (κ2) is 8.95. The summed E-state index contributed by atoms with van der Waals surface area (Å²) in [5, 5.41) is 0. The van der Waals surface area contributed by atoms with Crippen LogP contribution in [-0.2, 0) is 0 Å². The van der Waals surface area contributed by atoms with Crippen molar-refractivity contribution < 1.29 is 23.4 Å². The third-order valence-electron chi connectivity index (χ3n) is 4.90. The zero-order valence-corrected chi connectivity index (χ0v) is 17.9. The summed E-state index contributed by atoms with van der Waals surface area (Å²) < 4.78 is 28.5. The van der Waals surface area contributed by atoms with E-state index < -0.39 is 0 Å². The van der Waals surface area contributed by atoms with Crippen LogP contribution in [0.2, 0.25) is 0 Å². The Labute approximate surface area is 172 Å². The minimum absolute atomic E-state index is 0.582. The molecule has 0 saturated heterocycles. The van der Waals surface area contributed by atoms with Gasteiger partial charge < -0.3 is 23.4 Å². The second-order valence-corrected chi connectivity index (χ2v) is 6.61. The van der Waals surface area contributed by atoms with E-state index in [0.717, 1.165) is 45.3 Å². The van der Waals surface area contributed by atoms with Crippen LogP contribution >= 0.6 is 0 Å². The molecule has 0 fully saturated rings. The molecule has 2 aromatic carbocycles. The molecule has 3 aromatic rings. The van der Waals surface area contributed by atoms with Crippen molar-refractivity contribution in [2.24, 2.45) is 0 Å². The van der Waals surface area contributed by atoms with Gasteiger partial charge in [-0.3, -0.25) is 0 Å². The van der Waals surface area contributed by atoms with Crippen LogP contribution in [0.25, 0.3) is 22.6 Å². The fourth-order valence-electron chi connectivity index (χ4n) is 3.31. The van der Waals surface area contributed by atoms with E-state index in [9.17, 15) is 0 Å². The molecule has 5 nitrogen and oxygen atoms in total. The molecule has 0 saturated carbocycles. The number of ether oxygens (including phenoxy) is 4. The number of methoxy groups -OCH3 is 2. The van der Waals surface area contributed by atoms with Gasteiger partial charge in [0.15, 0.2) is 23.0 Å². The maximum atomic E-state index is 6.32. The van der Waals surface area contributed by atoms with Crippen LogP contribution in [0.15, 0.2) is 40.8 Å². The van der Waals surface area contributed by atoms with E-state index in [0.29, 0.717) is 24.7 Å². The zero-order valence-electron chi connectivity index (χ0n) is 17.9. The van der Waals surface area contributed by atoms with E-state index in [1.54, 1.807) is 14.2 Å². The summed E-state index contributed by atoms with van der Waals surface area (Å²) in [4.78, 5) is 0. The van der Waals surface area contributed by atoms with Crippen LogP contribution < -0.4 is 18.9 Å². The Bertz CT molecular complexity index is 909. The predicted octanol–water partition coefficient (Wildman–Crippen LogP) is 6.05. The van der Waals surface area contributed by atoms with Gasteiger partial charge in [-0.05, 0) is 75.2 Å². The van der Waals surface area contributed by atoms with Crippen LogP contribution in [0, 0.1) is 13.8 Å². The van der Waals surface area contributed by atoms with Crippen LogP contribution in [0.5, 0.6) is 23.0 Å². The number of rotatable bonds is 8. The predicted molar refractivity (Wildman–Crippen MR) is 114 cm³/mol. The van der Waals surface area contributed by atoms with Crippen LogP contribution in [0.1, 0.15) is 25.0 Å². The average molecular weight is 396 g/mol. The lowest BCUT2D eigenvalue weighted by molar-refractivity contribution is 0.311. The summed E-state index contributed by atoms with van der Waals surface area (Å²) in [6.45, 7) is 9.19. The highest BCUT2D eigenvalue weighted by Gasteiger charge is 2.19. The summed E-state index contributed by atoms with van der Waals surface area (Å²) in [5.41, 5.74) is 4.04. The molecule has 0 aliphatic rings. The lowest BCUT2D eigenvalue weighted by Gasteiger charge is -2.11. The number of hydrogen-bond donors (Lipinski definition) is 0. The summed E-state index contributed by atoms with van der Waals surface area (Å²) in [6.07, 6.45) is 0. The molecule has 0 amide bonds. The van der Waals surface area contributed by atoms with Gasteiger partial charge in [-0.2, -0.15) is 0 Å². The maximum absolute atomic E-state index is 6.32. The minimum atomic E-state index is 0.582. The van der Waals surface area contributed by atoms with Crippen molar-refractivity contribution in [3.63, 3.8) is 0 Å². The van der Waals surface area contributed by atoms with Crippen molar-refractivity contribution in [3.8, 4) is 45.6 Å². The van der Waals surface area contributed by atoms with Crippen molar-refractivity contribution in [1.82, 2.24) is 0 Å². The van der Waals surface area contributed by atoms with Gasteiger partial charge in [0.05, 0.1) is 27.4 Å². The Morgan fingerprint density at radius 1 is 0.655 bits per heavy atom. The topological polar surface area (TPSA) is 50.1 Å². The zero-order chi connectivity index (χ0) is 21.0. The van der Waals surface area contributed by atoms with Gasteiger partial charge in [0, 0.05) is 11.1 Å². The Balaban J connectivity index is 2.05. The van der Waals surface area contributed by atoms with Gasteiger partial charge in [-0.15, -0.1) is 0 Å². The van der Waals surface area contributed by atoms with E-state index in [-0.39, 0.29) is 0 Å². The highest BCUT2D eigenvalue weighted by atomic mass is 16.5. The van der Waals surface area contributed by atoms with Gasteiger partial charge >= 0.3 is 0 Å². The molecule has 1 heterocycles. The third-order valence-corrected chi connectivity index (χ3v) is 4.90. The average Bonchev–Trinajstić information content (AvgIpc) is 3.04. The fourth-order valence-corrected chi connectivity index (χ4v) is 3.31. The van der Waals surface area contributed by atoms with Crippen LogP contribution in [0.4, 0.5) is 0 Å². The van der Waals surface area contributed by atoms with E-state index >= 15 is 0 Å². The Morgan fingerprint density at radius 3 is 1.41 bits per heavy atom. The van der Waals surface area contributed by atoms with Gasteiger partial charge in [-0.1, -0.05) is 0 Å². The molecular weight excluding hydrogens is 368 g/mol. The monoisotopic (exact) mass is 396 g/mol. The Kier molecular flexibility index (Phi) is 6.37. The highest BCUT2D eigenvalue weighted by molar-refractivity contribution is 5.74. The van der Waals surface area contributed by atoms with Crippen molar-refractivity contribution >= 4 is 0 Å². The SMILES string of the molecule is CCOc1ccc(-c2oc(-c3ccc(OCC)c(OC)c3)c(C)c2C)cc1OC. The molecule has 0 radical (unpaired) electrons. The quantitative estimate of drug-likeness (QED) is 0.464. The summed E-state index contributed by atoms with van der Waals surface area (Å²) in [5.74, 6) is 4.43. The van der Waals surface area contributed by atoms with E-state index in [4.69, 9.17) is 23.4 Å². The standard InChI is InChI=1S/C24H28O5/c1-7-27-19-11-9-17(13-21(19)25-5)23-15(3)16(4)24(29-23)18-10-12-20(28-8-2)22(14-18)26-6/h9-14H,7-8H2,1-6H3. The van der Waals surface area contributed by atoms with Crippen molar-refractivity contribution in [2.75, 3.05) is 27.4 Å². The molecule has 0 aliphatic carbocycles. The molecule has 0 spiro atoms. The second-order valence-electron chi connectivity index (χ2n) is 6.61. The first-order valence-electron chi connectivity index (χ1n) is 9.76. The number of furan rings is 1. The molecule has 0 atom stereocenters. The number of benzene rings is 2. The molecule has 3 rings (SSSR count). The first-order chi connectivity index (χ1) is 14.0. The third kappa shape index (κ3) is 4.04. The molecule has 0 N–H and O–H groups in total. The lowest BCUT2D eigenvalue weighted by Crippen LogP contribution is -1.95. The lowest BCUT2D eigenvalue weighted by atomic mass is 10.0. The Hall–Kier alpha value is -3.08. The molecule has 1 aromatic heterocycles. The first kappa shape index (κ1) is 20.6. The van der Waals surface area contributed by atoms with Crippen molar-refractivity contribution in [3.05, 3.63) is 47.5 Å². The summed E-state index contributed by atoms with van der Waals surface area (Å²) in [7, 11) is 3.28. The molecule has 5 heteroatoms. The van der Waals surface area contributed by atoms with Crippen LogP contribution in [0.3, 0.4) is 0 Å². The number of hydrogen-bond acceptors (Lipinski definition) is 5. The smallest absolute Gasteiger partial charge is 0.161 e. The van der Waals surface area contributed by atoms with E-state index in [1.165, 1.54) is 0 Å². The van der Waals surface area contributed by atoms with Crippen molar-refractivity contribution in [2.45, 2.75) is 27.7 Å². The van der Waals surface area contributed by atoms with Gasteiger partial charge in [0.25, 0.3) is 0 Å². The molecule has 0 bridgehead atoms. The van der Waals surface area contributed by atoms with Gasteiger partial charge in [-0.25, -0.2) is 0 Å². The maximum Gasteiger partial charge on any atom is 0.161 e. The highest BCUT2D eigenvalue weighted by Crippen LogP contribution is 2.41. The fraction of sp³-hybridized carbons (Fsp3) is 0.333. The largest absolute Gasteiger partial charge is 0.493 e. The summed E-state index contributed by atoms with van der Waals surface area (Å²) in [6, 6.07) is 11.7. The molecule has 0 unspecified atom stereocenters. The first-order valence-corrected chi connectivity index (χ1v) is 9.76. The Morgan fingerprint density at radius 2 is 1.07 bits per heavy atom. The molecular formula is C24H28O5.